The summed E-state index contributed by atoms with van der Waals surface area (Å²) in [7, 11) is 0. The Balaban J connectivity index is 1.85. The number of hydrogen-bond acceptors (Lipinski definition) is 3. The molecule has 3 saturated carbocycles. The van der Waals surface area contributed by atoms with Gasteiger partial charge in [-0.05, 0) is 42.9 Å². The van der Waals surface area contributed by atoms with Gasteiger partial charge in [0.1, 0.15) is 5.60 Å². The highest BCUT2D eigenvalue weighted by Gasteiger charge is 2.68. The molecular formula is C10H15NO3. The van der Waals surface area contributed by atoms with Crippen molar-refractivity contribution in [1.82, 2.24) is 0 Å². The summed E-state index contributed by atoms with van der Waals surface area (Å²) in [6.45, 7) is -0.231. The lowest BCUT2D eigenvalue weighted by atomic mass is 9.53. The average molecular weight is 197 g/mol. The molecule has 3 fully saturated rings. The smallest absolute Gasteiger partial charge is 0.232 e. The van der Waals surface area contributed by atoms with Crippen molar-refractivity contribution >= 4 is 0 Å². The number of nitro groups is 1. The van der Waals surface area contributed by atoms with Crippen LogP contribution in [0.3, 0.4) is 0 Å². The van der Waals surface area contributed by atoms with Crippen molar-refractivity contribution in [2.45, 2.75) is 31.3 Å². The number of aliphatic hydroxyl groups is 1. The van der Waals surface area contributed by atoms with E-state index in [0.717, 1.165) is 18.8 Å². The van der Waals surface area contributed by atoms with Crippen LogP contribution in [0, 0.1) is 33.8 Å². The Bertz CT molecular complexity index is 285. The maximum Gasteiger partial charge on any atom is 0.232 e. The maximum absolute atomic E-state index is 10.5. The van der Waals surface area contributed by atoms with Crippen LogP contribution in [0.2, 0.25) is 0 Å². The molecule has 5 atom stereocenters. The van der Waals surface area contributed by atoms with Crippen LogP contribution in [0.4, 0.5) is 0 Å². The van der Waals surface area contributed by atoms with E-state index in [1.807, 2.05) is 0 Å². The number of fused-ring (bicyclic) bond motifs is 1. The highest BCUT2D eigenvalue weighted by atomic mass is 16.6. The third-order valence-electron chi connectivity index (χ3n) is 4.78. The lowest BCUT2D eigenvalue weighted by molar-refractivity contribution is -0.516. The molecule has 0 aromatic heterocycles. The first-order valence-corrected chi connectivity index (χ1v) is 5.45. The predicted octanol–water partition coefficient (Wildman–Crippen LogP) is 1.06. The van der Waals surface area contributed by atoms with Crippen molar-refractivity contribution < 1.29 is 10.0 Å². The standard InChI is InChI=1S/C10H15NO3/c12-10(5-11(13)14)8-2-1-6-3-7(8)9(10)4-6/h6-9,12H,1-5H2/t6-,7-,8?,9-,10?/m0/s1. The Hall–Kier alpha value is -0.640. The molecule has 4 heteroatoms. The molecule has 3 aliphatic carbocycles. The Labute approximate surface area is 82.5 Å². The topological polar surface area (TPSA) is 63.4 Å². The van der Waals surface area contributed by atoms with Gasteiger partial charge in [0.15, 0.2) is 0 Å². The van der Waals surface area contributed by atoms with Gasteiger partial charge in [0, 0.05) is 4.92 Å². The summed E-state index contributed by atoms with van der Waals surface area (Å²) >= 11 is 0. The van der Waals surface area contributed by atoms with E-state index in [4.69, 9.17) is 0 Å². The summed E-state index contributed by atoms with van der Waals surface area (Å²) in [4.78, 5) is 10.2. The van der Waals surface area contributed by atoms with E-state index in [1.54, 1.807) is 0 Å². The molecule has 0 saturated heterocycles. The SMILES string of the molecule is O=[N+]([O-])CC1(O)C2CC[C@H]3C[C@@H]2[C@@H]1C3. The highest BCUT2D eigenvalue weighted by Crippen LogP contribution is 2.65. The molecule has 0 amide bonds. The van der Waals surface area contributed by atoms with E-state index in [2.05, 4.69) is 0 Å². The molecule has 78 valence electrons. The van der Waals surface area contributed by atoms with Gasteiger partial charge in [0.05, 0.1) is 0 Å². The van der Waals surface area contributed by atoms with E-state index in [1.165, 1.54) is 12.8 Å². The largest absolute Gasteiger partial charge is 0.382 e. The molecule has 2 bridgehead atoms. The molecule has 0 aromatic rings. The van der Waals surface area contributed by atoms with Crippen molar-refractivity contribution in [3.8, 4) is 0 Å². The fourth-order valence-electron chi connectivity index (χ4n) is 4.28. The van der Waals surface area contributed by atoms with Gasteiger partial charge in [0.25, 0.3) is 0 Å². The van der Waals surface area contributed by atoms with Crippen LogP contribution >= 0.6 is 0 Å². The second kappa shape index (κ2) is 2.48. The summed E-state index contributed by atoms with van der Waals surface area (Å²) in [6, 6.07) is 0. The maximum atomic E-state index is 10.5. The molecule has 3 rings (SSSR count). The number of hydrogen-bond donors (Lipinski definition) is 1. The quantitative estimate of drug-likeness (QED) is 0.531. The van der Waals surface area contributed by atoms with Crippen molar-refractivity contribution in [2.24, 2.45) is 23.7 Å². The molecule has 0 heterocycles. The van der Waals surface area contributed by atoms with Gasteiger partial charge >= 0.3 is 0 Å². The van der Waals surface area contributed by atoms with Crippen LogP contribution in [-0.2, 0) is 0 Å². The molecule has 3 aliphatic rings. The Morgan fingerprint density at radius 2 is 2.14 bits per heavy atom. The normalized spacial score (nSPS) is 54.1. The average Bonchev–Trinajstić information content (AvgIpc) is 2.31. The van der Waals surface area contributed by atoms with E-state index < -0.39 is 5.60 Å². The van der Waals surface area contributed by atoms with Gasteiger partial charge in [-0.1, -0.05) is 6.42 Å². The fraction of sp³-hybridized carbons (Fsp3) is 1.00. The number of rotatable bonds is 2. The van der Waals surface area contributed by atoms with Crippen LogP contribution < -0.4 is 0 Å². The van der Waals surface area contributed by atoms with Gasteiger partial charge in [-0.15, -0.1) is 0 Å². The fourth-order valence-corrected chi connectivity index (χ4v) is 4.28. The summed E-state index contributed by atoms with van der Waals surface area (Å²) < 4.78 is 0. The van der Waals surface area contributed by atoms with Crippen molar-refractivity contribution in [2.75, 3.05) is 6.54 Å². The van der Waals surface area contributed by atoms with Crippen molar-refractivity contribution in [1.29, 1.82) is 0 Å². The van der Waals surface area contributed by atoms with Crippen LogP contribution in [0.1, 0.15) is 25.7 Å². The van der Waals surface area contributed by atoms with Gasteiger partial charge in [-0.2, -0.15) is 0 Å². The Kier molecular flexibility index (Phi) is 1.53. The first kappa shape index (κ1) is 8.65. The molecule has 0 radical (unpaired) electrons. The molecule has 0 aromatic carbocycles. The lowest BCUT2D eigenvalue weighted by Gasteiger charge is -2.54. The monoisotopic (exact) mass is 197 g/mol. The van der Waals surface area contributed by atoms with E-state index in [0.29, 0.717) is 5.92 Å². The van der Waals surface area contributed by atoms with E-state index in [-0.39, 0.29) is 23.3 Å². The molecule has 0 aliphatic heterocycles. The minimum Gasteiger partial charge on any atom is -0.382 e. The third kappa shape index (κ3) is 0.874. The van der Waals surface area contributed by atoms with Crippen LogP contribution in [0.15, 0.2) is 0 Å². The zero-order valence-electron chi connectivity index (χ0n) is 8.06. The zero-order valence-corrected chi connectivity index (χ0v) is 8.06. The third-order valence-corrected chi connectivity index (χ3v) is 4.78. The molecule has 4 nitrogen and oxygen atoms in total. The molecule has 14 heavy (non-hydrogen) atoms. The minimum absolute atomic E-state index is 0.231. The van der Waals surface area contributed by atoms with Crippen LogP contribution in [-0.4, -0.2) is 22.2 Å². The molecule has 0 spiro atoms. The summed E-state index contributed by atoms with van der Waals surface area (Å²) in [5.41, 5.74) is -0.945. The second-order valence-electron chi connectivity index (χ2n) is 5.27. The molecule has 2 unspecified atom stereocenters. The minimum atomic E-state index is -0.945. The summed E-state index contributed by atoms with van der Waals surface area (Å²) in [5.74, 6) is 1.84. The van der Waals surface area contributed by atoms with Crippen LogP contribution in [0.5, 0.6) is 0 Å². The van der Waals surface area contributed by atoms with Gasteiger partial charge in [0.2, 0.25) is 6.54 Å². The van der Waals surface area contributed by atoms with E-state index >= 15 is 0 Å². The summed E-state index contributed by atoms with van der Waals surface area (Å²) in [6.07, 6.45) is 4.44. The second-order valence-corrected chi connectivity index (χ2v) is 5.27. The zero-order chi connectivity index (χ0) is 9.92. The van der Waals surface area contributed by atoms with Crippen LogP contribution in [0.25, 0.3) is 0 Å². The Morgan fingerprint density at radius 3 is 2.86 bits per heavy atom. The van der Waals surface area contributed by atoms with E-state index in [9.17, 15) is 15.2 Å². The van der Waals surface area contributed by atoms with Gasteiger partial charge in [-0.3, -0.25) is 10.1 Å². The number of nitrogens with zero attached hydrogens (tertiary/aromatic N) is 1. The van der Waals surface area contributed by atoms with Crippen molar-refractivity contribution in [3.05, 3.63) is 10.1 Å². The molecule has 1 N–H and O–H groups in total. The highest BCUT2D eigenvalue weighted by molar-refractivity contribution is 5.15. The van der Waals surface area contributed by atoms with Gasteiger partial charge < -0.3 is 5.11 Å². The lowest BCUT2D eigenvalue weighted by Crippen LogP contribution is -2.63. The first-order valence-electron chi connectivity index (χ1n) is 5.45. The van der Waals surface area contributed by atoms with Gasteiger partial charge in [-0.25, -0.2) is 0 Å². The van der Waals surface area contributed by atoms with Crippen molar-refractivity contribution in [3.63, 3.8) is 0 Å². The molecular weight excluding hydrogens is 182 g/mol. The first-order chi connectivity index (χ1) is 6.61. The predicted molar refractivity (Wildman–Crippen MR) is 49.2 cm³/mol. The Morgan fingerprint density at radius 1 is 1.36 bits per heavy atom. The summed E-state index contributed by atoms with van der Waals surface area (Å²) in [5, 5.41) is 20.8.